The fraction of sp³-hybridized carbons (Fsp3) is 0.176. The minimum Gasteiger partial charge on any atom is -0.493 e. The van der Waals surface area contributed by atoms with Gasteiger partial charge in [0.1, 0.15) is 11.4 Å². The highest BCUT2D eigenvalue weighted by atomic mass is 32.2. The average Bonchev–Trinajstić information content (AvgIpc) is 2.57. The summed E-state index contributed by atoms with van der Waals surface area (Å²) in [5.41, 5.74) is 6.07. The Morgan fingerprint density at radius 2 is 2.17 bits per heavy atom. The second-order valence-corrected chi connectivity index (χ2v) is 6.32. The number of nitrogens with two attached hydrogens (primary N) is 1. The van der Waals surface area contributed by atoms with Crippen molar-refractivity contribution in [2.75, 3.05) is 12.4 Å². The fourth-order valence-electron chi connectivity index (χ4n) is 2.46. The number of aromatic nitrogens is 1. The monoisotopic (exact) mass is 344 g/mol. The number of amidine groups is 1. The molecule has 1 aliphatic heterocycles. The molecule has 2 aromatic rings. The number of nitrogens with zero attached hydrogens (tertiary/aromatic N) is 2. The van der Waals surface area contributed by atoms with Crippen molar-refractivity contribution in [1.29, 1.82) is 0 Å². The quantitative estimate of drug-likeness (QED) is 0.883. The first-order valence-electron chi connectivity index (χ1n) is 7.27. The van der Waals surface area contributed by atoms with Gasteiger partial charge in [0, 0.05) is 17.4 Å². The first kappa shape index (κ1) is 16.3. The van der Waals surface area contributed by atoms with Crippen LogP contribution in [0.5, 0.6) is 5.75 Å². The van der Waals surface area contributed by atoms with Crippen molar-refractivity contribution in [3.8, 4) is 5.75 Å². The van der Waals surface area contributed by atoms with Crippen molar-refractivity contribution in [2.24, 2.45) is 10.7 Å². The maximum Gasteiger partial charge on any atom is 0.173 e. The molecule has 0 saturated heterocycles. The maximum atomic E-state index is 14.4. The number of anilines is 2. The molecular weight excluding hydrogens is 327 g/mol. The lowest BCUT2D eigenvalue weighted by atomic mass is 9.92. The van der Waals surface area contributed by atoms with Crippen molar-refractivity contribution in [3.05, 3.63) is 59.4 Å². The average molecular weight is 344 g/mol. The molecule has 2 heterocycles. The van der Waals surface area contributed by atoms with Gasteiger partial charge in [-0.15, -0.1) is 0 Å². The van der Waals surface area contributed by atoms with Crippen LogP contribution in [0.15, 0.2) is 53.0 Å². The van der Waals surface area contributed by atoms with Gasteiger partial charge in [0.05, 0.1) is 7.11 Å². The van der Waals surface area contributed by atoms with E-state index in [4.69, 9.17) is 10.5 Å². The topological polar surface area (TPSA) is 72.5 Å². The van der Waals surface area contributed by atoms with Crippen LogP contribution in [0.25, 0.3) is 0 Å². The summed E-state index contributed by atoms with van der Waals surface area (Å²) in [7, 11) is 1.57. The first-order chi connectivity index (χ1) is 11.5. The van der Waals surface area contributed by atoms with E-state index in [-0.39, 0.29) is 5.82 Å². The van der Waals surface area contributed by atoms with E-state index >= 15 is 0 Å². The third-order valence-electron chi connectivity index (χ3n) is 3.69. The van der Waals surface area contributed by atoms with Gasteiger partial charge in [-0.3, -0.25) is 0 Å². The fourth-order valence-corrected chi connectivity index (χ4v) is 3.17. The van der Waals surface area contributed by atoms with Crippen molar-refractivity contribution < 1.29 is 9.13 Å². The van der Waals surface area contributed by atoms with Crippen molar-refractivity contribution in [2.45, 2.75) is 12.5 Å². The molecule has 3 N–H and O–H groups in total. The van der Waals surface area contributed by atoms with Gasteiger partial charge in [-0.1, -0.05) is 11.8 Å². The minimum absolute atomic E-state index is 0.343. The normalized spacial score (nSPS) is 19.7. The summed E-state index contributed by atoms with van der Waals surface area (Å²) in [4.78, 5) is 8.63. The van der Waals surface area contributed by atoms with Gasteiger partial charge in [-0.25, -0.2) is 14.4 Å². The molecular formula is C17H17FN4OS. The van der Waals surface area contributed by atoms with Crippen LogP contribution in [0, 0.1) is 5.82 Å². The lowest BCUT2D eigenvalue weighted by molar-refractivity contribution is 0.415. The lowest BCUT2D eigenvalue weighted by Gasteiger charge is -2.26. The Kier molecular flexibility index (Phi) is 4.44. The second kappa shape index (κ2) is 6.52. The van der Waals surface area contributed by atoms with Crippen LogP contribution in [0.3, 0.4) is 0 Å². The van der Waals surface area contributed by atoms with Crippen LogP contribution in [0.1, 0.15) is 12.5 Å². The Balaban J connectivity index is 1.98. The summed E-state index contributed by atoms with van der Waals surface area (Å²) in [6.07, 6.45) is 3.49. The second-order valence-electron chi connectivity index (χ2n) is 5.39. The molecule has 5 nitrogen and oxygen atoms in total. The number of hydrogen-bond acceptors (Lipinski definition) is 6. The molecule has 7 heteroatoms. The van der Waals surface area contributed by atoms with E-state index < -0.39 is 5.54 Å². The summed E-state index contributed by atoms with van der Waals surface area (Å²) in [5, 5.41) is 5.38. The van der Waals surface area contributed by atoms with Crippen molar-refractivity contribution >= 4 is 28.4 Å². The Morgan fingerprint density at radius 1 is 1.33 bits per heavy atom. The van der Waals surface area contributed by atoms with Gasteiger partial charge in [0.15, 0.2) is 16.7 Å². The molecule has 0 spiro atoms. The Morgan fingerprint density at radius 3 is 2.92 bits per heavy atom. The van der Waals surface area contributed by atoms with Gasteiger partial charge in [0.2, 0.25) is 0 Å². The number of thioether (sulfide) groups is 1. The Hall–Kier alpha value is -2.54. The van der Waals surface area contributed by atoms with Crippen LogP contribution < -0.4 is 15.8 Å². The molecule has 1 aromatic carbocycles. The number of rotatable bonds is 4. The summed E-state index contributed by atoms with van der Waals surface area (Å²) in [6.45, 7) is 1.82. The number of ether oxygens (including phenoxy) is 1. The molecule has 24 heavy (non-hydrogen) atoms. The highest BCUT2D eigenvalue weighted by Gasteiger charge is 2.29. The van der Waals surface area contributed by atoms with Gasteiger partial charge in [-0.05, 0) is 48.7 Å². The van der Waals surface area contributed by atoms with E-state index in [0.29, 0.717) is 28.0 Å². The predicted octanol–water partition coefficient (Wildman–Crippen LogP) is 3.76. The summed E-state index contributed by atoms with van der Waals surface area (Å²) in [5.74, 6) is 0.815. The largest absolute Gasteiger partial charge is 0.493 e. The van der Waals surface area contributed by atoms with E-state index in [1.54, 1.807) is 37.6 Å². The Bertz CT molecular complexity index is 824. The number of methoxy groups -OCH3 is 1. The van der Waals surface area contributed by atoms with Crippen LogP contribution in [-0.4, -0.2) is 17.3 Å². The predicted molar refractivity (Wildman–Crippen MR) is 96.2 cm³/mol. The number of hydrogen-bond donors (Lipinski definition) is 2. The smallest absolute Gasteiger partial charge is 0.173 e. The molecule has 124 valence electrons. The first-order valence-corrected chi connectivity index (χ1v) is 8.15. The number of nitrogens with one attached hydrogen (secondary N) is 1. The molecule has 0 radical (unpaired) electrons. The number of halogens is 1. The van der Waals surface area contributed by atoms with E-state index in [1.165, 1.54) is 17.8 Å². The molecule has 0 unspecified atom stereocenters. The van der Waals surface area contributed by atoms with E-state index in [1.807, 2.05) is 18.4 Å². The molecule has 1 aromatic heterocycles. The number of benzene rings is 1. The lowest BCUT2D eigenvalue weighted by Crippen LogP contribution is -2.24. The molecule has 0 bridgehead atoms. The van der Waals surface area contributed by atoms with Crippen LogP contribution >= 0.6 is 11.8 Å². The molecule has 0 fully saturated rings. The van der Waals surface area contributed by atoms with Gasteiger partial charge in [0.25, 0.3) is 0 Å². The SMILES string of the molecule is COc1cccnc1Nc1ccc(F)c([C@]2(C)C=CSC(N)=N2)c1. The van der Waals surface area contributed by atoms with E-state index in [9.17, 15) is 4.39 Å². The summed E-state index contributed by atoms with van der Waals surface area (Å²) < 4.78 is 19.7. The maximum absolute atomic E-state index is 14.4. The van der Waals surface area contributed by atoms with Crippen LogP contribution in [0.2, 0.25) is 0 Å². The zero-order valence-electron chi connectivity index (χ0n) is 13.3. The highest BCUT2D eigenvalue weighted by molar-refractivity contribution is 8.16. The van der Waals surface area contributed by atoms with Gasteiger partial charge in [-0.2, -0.15) is 0 Å². The van der Waals surface area contributed by atoms with Crippen LogP contribution in [0.4, 0.5) is 15.9 Å². The molecule has 3 rings (SSSR count). The Labute approximate surface area is 143 Å². The summed E-state index contributed by atoms with van der Waals surface area (Å²) in [6, 6.07) is 8.33. The zero-order valence-corrected chi connectivity index (χ0v) is 14.1. The van der Waals surface area contributed by atoms with Crippen molar-refractivity contribution in [3.63, 3.8) is 0 Å². The van der Waals surface area contributed by atoms with E-state index in [2.05, 4.69) is 15.3 Å². The third-order valence-corrected chi connectivity index (χ3v) is 4.29. The highest BCUT2D eigenvalue weighted by Crippen LogP contribution is 2.36. The number of aliphatic imine (C=N–C) groups is 1. The van der Waals surface area contributed by atoms with Crippen molar-refractivity contribution in [1.82, 2.24) is 4.98 Å². The number of pyridine rings is 1. The third kappa shape index (κ3) is 3.21. The molecule has 0 saturated carbocycles. The van der Waals surface area contributed by atoms with Gasteiger partial charge < -0.3 is 15.8 Å². The molecule has 1 aliphatic rings. The molecule has 0 aliphatic carbocycles. The van der Waals surface area contributed by atoms with Crippen LogP contribution in [-0.2, 0) is 5.54 Å². The molecule has 1 atom stereocenters. The summed E-state index contributed by atoms with van der Waals surface area (Å²) >= 11 is 1.32. The van der Waals surface area contributed by atoms with Gasteiger partial charge >= 0.3 is 0 Å². The standard InChI is InChI=1S/C17H17FN4OS/c1-17(7-9-24-16(19)22-17)12-10-11(5-6-13(12)18)21-15-14(23-2)4-3-8-20-15/h3-10H,1-2H3,(H2,19,22)(H,20,21)/t17-/m0/s1. The zero-order chi connectivity index (χ0) is 17.2. The molecule has 0 amide bonds. The van der Waals surface area contributed by atoms with E-state index in [0.717, 1.165) is 0 Å². The minimum atomic E-state index is -0.842.